The van der Waals surface area contributed by atoms with Crippen LogP contribution in [0.4, 0.5) is 0 Å². The highest BCUT2D eigenvalue weighted by Crippen LogP contribution is 2.51. The molecule has 2 saturated carbocycles. The number of hydrogen-bond acceptors (Lipinski definition) is 10. The van der Waals surface area contributed by atoms with Gasteiger partial charge in [-0.3, -0.25) is 28.9 Å². The molecule has 6 atom stereocenters. The molecule has 3 aliphatic carbocycles. The van der Waals surface area contributed by atoms with Gasteiger partial charge < -0.3 is 15.9 Å². The largest absolute Gasteiger partial charge is 0.507 e. The van der Waals surface area contributed by atoms with E-state index in [1.807, 2.05) is 0 Å². The number of fused-ring (bicyclic) bond motifs is 3. The normalized spacial score (nSPS) is 31.1. The van der Waals surface area contributed by atoms with E-state index < -0.39 is 64.4 Å². The summed E-state index contributed by atoms with van der Waals surface area (Å²) >= 11 is 5.80. The molecule has 1 amide bonds. The quantitative estimate of drug-likeness (QED) is 0.363. The fourth-order valence-electron chi connectivity index (χ4n) is 6.33. The monoisotopic (exact) mass is 526 g/mol. The van der Waals surface area contributed by atoms with Gasteiger partial charge in [0.2, 0.25) is 11.2 Å². The van der Waals surface area contributed by atoms with Crippen molar-refractivity contribution in [1.82, 2.24) is 14.9 Å². The summed E-state index contributed by atoms with van der Waals surface area (Å²) < 4.78 is 0. The third-order valence-electron chi connectivity index (χ3n) is 7.88. The Morgan fingerprint density at radius 1 is 1.14 bits per heavy atom. The van der Waals surface area contributed by atoms with Crippen molar-refractivity contribution >= 4 is 40.6 Å². The van der Waals surface area contributed by atoms with Crippen molar-refractivity contribution in [2.45, 2.75) is 24.5 Å². The van der Waals surface area contributed by atoms with Crippen molar-refractivity contribution in [2.24, 2.45) is 29.4 Å². The van der Waals surface area contributed by atoms with Crippen LogP contribution in [0.2, 0.25) is 5.28 Å². The van der Waals surface area contributed by atoms with Crippen molar-refractivity contribution < 1.29 is 34.2 Å². The SMILES string of the molecule is CN(C)C1C(=O)C(C(N)=O)C(=O)[C@@]2(O)C(=O)C3C(=O)c4c(O)ccc(-c5cnc(Cl)nc5)c4C[C@H]3C[C@@H]12. The number of rotatable bonds is 3. The molecule has 1 aromatic carbocycles. The van der Waals surface area contributed by atoms with Gasteiger partial charge in [-0.25, -0.2) is 9.97 Å². The van der Waals surface area contributed by atoms with Crippen LogP contribution in [0.25, 0.3) is 11.1 Å². The first-order valence-electron chi connectivity index (χ1n) is 11.6. The van der Waals surface area contributed by atoms with E-state index in [1.165, 1.54) is 37.5 Å². The minimum Gasteiger partial charge on any atom is -0.507 e. The van der Waals surface area contributed by atoms with Crippen molar-refractivity contribution in [1.29, 1.82) is 0 Å². The summed E-state index contributed by atoms with van der Waals surface area (Å²) in [6, 6.07) is 1.75. The number of phenols is 1. The Hall–Kier alpha value is -3.54. The first-order valence-corrected chi connectivity index (χ1v) is 11.9. The fourth-order valence-corrected chi connectivity index (χ4v) is 6.42. The molecule has 37 heavy (non-hydrogen) atoms. The van der Waals surface area contributed by atoms with Crippen LogP contribution in [-0.4, -0.2) is 79.9 Å². The molecule has 1 aromatic heterocycles. The van der Waals surface area contributed by atoms with Gasteiger partial charge in [-0.2, -0.15) is 0 Å². The lowest BCUT2D eigenvalue weighted by atomic mass is 9.52. The lowest BCUT2D eigenvalue weighted by molar-refractivity contribution is -0.181. The molecular weight excluding hydrogens is 504 g/mol. The van der Waals surface area contributed by atoms with E-state index in [2.05, 4.69) is 9.97 Å². The number of halogens is 1. The van der Waals surface area contributed by atoms with E-state index in [-0.39, 0.29) is 29.4 Å². The molecule has 5 rings (SSSR count). The second-order valence-corrected chi connectivity index (χ2v) is 10.4. The van der Waals surface area contributed by atoms with Crippen molar-refractivity contribution in [2.75, 3.05) is 14.1 Å². The number of likely N-dealkylation sites (N-methyl/N-ethyl adjacent to an activating group) is 1. The molecule has 1 heterocycles. The molecule has 11 nitrogen and oxygen atoms in total. The first kappa shape index (κ1) is 25.1. The second-order valence-electron chi connectivity index (χ2n) is 10.0. The van der Waals surface area contributed by atoms with Crippen molar-refractivity contribution in [3.8, 4) is 16.9 Å². The molecule has 0 spiro atoms. The number of benzene rings is 1. The maximum atomic E-state index is 13.8. The van der Waals surface area contributed by atoms with Gasteiger partial charge >= 0.3 is 0 Å². The highest BCUT2D eigenvalue weighted by Gasteiger charge is 2.69. The van der Waals surface area contributed by atoms with Crippen LogP contribution < -0.4 is 5.73 Å². The third-order valence-corrected chi connectivity index (χ3v) is 8.07. The van der Waals surface area contributed by atoms with Crippen LogP contribution in [0, 0.1) is 23.7 Å². The molecule has 0 radical (unpaired) electrons. The molecule has 2 aromatic rings. The van der Waals surface area contributed by atoms with E-state index in [0.29, 0.717) is 16.7 Å². The van der Waals surface area contributed by atoms with Crippen LogP contribution in [0.15, 0.2) is 24.5 Å². The van der Waals surface area contributed by atoms with Gasteiger partial charge in [0, 0.05) is 23.9 Å². The molecule has 192 valence electrons. The standard InChI is InChI=1S/C25H23ClN4O7/c1-30(2)18-13-6-9-5-12-11(10-7-28-24(26)29-8-10)3-4-14(31)16(12)19(32)15(9)21(34)25(13,37)22(35)17(20(18)33)23(27)36/h3-4,7-9,13,15,17-18,31,37H,5-6H2,1-2H3,(H2,27,36)/t9-,13-,15?,17?,18?,25-/m0/s1. The van der Waals surface area contributed by atoms with E-state index >= 15 is 0 Å². The Morgan fingerprint density at radius 3 is 2.38 bits per heavy atom. The number of carbonyl (C=O) groups excluding carboxylic acids is 5. The summed E-state index contributed by atoms with van der Waals surface area (Å²) in [5.41, 5.74) is 4.01. The number of aromatic hydroxyl groups is 1. The highest BCUT2D eigenvalue weighted by molar-refractivity contribution is 6.32. The summed E-state index contributed by atoms with van der Waals surface area (Å²) in [6.07, 6.45) is 3.04. The lowest BCUT2D eigenvalue weighted by Gasteiger charge is -2.52. The predicted octanol–water partition coefficient (Wildman–Crippen LogP) is -0.0226. The van der Waals surface area contributed by atoms with Crippen molar-refractivity contribution in [3.05, 3.63) is 40.9 Å². The second kappa shape index (κ2) is 8.51. The van der Waals surface area contributed by atoms with Crippen LogP contribution in [0.3, 0.4) is 0 Å². The zero-order valence-electron chi connectivity index (χ0n) is 19.8. The Morgan fingerprint density at radius 2 is 1.78 bits per heavy atom. The fraction of sp³-hybridized carbons (Fsp3) is 0.400. The molecule has 0 aliphatic heterocycles. The summed E-state index contributed by atoms with van der Waals surface area (Å²) in [7, 11) is 3.07. The van der Waals surface area contributed by atoms with E-state index in [4.69, 9.17) is 17.3 Å². The van der Waals surface area contributed by atoms with Gasteiger partial charge in [0.25, 0.3) is 0 Å². The molecule has 0 saturated heterocycles. The van der Waals surface area contributed by atoms with Gasteiger partial charge in [-0.1, -0.05) is 6.07 Å². The number of carbonyl (C=O) groups is 5. The van der Waals surface area contributed by atoms with Gasteiger partial charge in [0.05, 0.1) is 17.5 Å². The Balaban J connectivity index is 1.66. The first-order chi connectivity index (χ1) is 17.4. The maximum Gasteiger partial charge on any atom is 0.235 e. The summed E-state index contributed by atoms with van der Waals surface area (Å²) in [4.78, 5) is 75.4. The highest BCUT2D eigenvalue weighted by atomic mass is 35.5. The number of amides is 1. The summed E-state index contributed by atoms with van der Waals surface area (Å²) in [6.45, 7) is 0. The molecule has 2 fully saturated rings. The smallest absolute Gasteiger partial charge is 0.235 e. The van der Waals surface area contributed by atoms with Crippen LogP contribution in [-0.2, 0) is 25.6 Å². The van der Waals surface area contributed by atoms with Gasteiger partial charge in [-0.15, -0.1) is 0 Å². The number of Topliss-reactive ketones (excluding diaryl/α,β-unsaturated/α-hetero) is 4. The molecular formula is C25H23ClN4O7. The number of nitrogens with two attached hydrogens (primary N) is 1. The van der Waals surface area contributed by atoms with E-state index in [1.54, 1.807) is 6.07 Å². The zero-order chi connectivity index (χ0) is 27.0. The Labute approximate surface area is 215 Å². The molecule has 4 N–H and O–H groups in total. The topological polar surface area (TPSA) is 181 Å². The molecule has 3 unspecified atom stereocenters. The molecule has 12 heteroatoms. The van der Waals surface area contributed by atoms with Gasteiger partial charge in [-0.05, 0) is 61.6 Å². The third kappa shape index (κ3) is 3.45. The summed E-state index contributed by atoms with van der Waals surface area (Å²) in [5, 5.41) is 22.2. The number of primary amides is 1. The van der Waals surface area contributed by atoms with Crippen LogP contribution >= 0.6 is 11.6 Å². The number of ketones is 4. The minimum absolute atomic E-state index is 0.0281. The molecule has 3 aliphatic rings. The number of hydrogen-bond donors (Lipinski definition) is 3. The number of aliphatic hydroxyl groups is 1. The number of aromatic nitrogens is 2. The van der Waals surface area contributed by atoms with Crippen LogP contribution in [0.5, 0.6) is 5.75 Å². The minimum atomic E-state index is -2.76. The maximum absolute atomic E-state index is 13.8. The van der Waals surface area contributed by atoms with Crippen LogP contribution in [0.1, 0.15) is 22.3 Å². The van der Waals surface area contributed by atoms with E-state index in [0.717, 1.165) is 0 Å². The van der Waals surface area contributed by atoms with Gasteiger partial charge in [0.15, 0.2) is 34.7 Å². The Kier molecular flexibility index (Phi) is 5.78. The predicted molar refractivity (Wildman–Crippen MR) is 127 cm³/mol. The zero-order valence-corrected chi connectivity index (χ0v) is 20.6. The van der Waals surface area contributed by atoms with Gasteiger partial charge in [0.1, 0.15) is 5.75 Å². The number of nitrogens with zero attached hydrogens (tertiary/aromatic N) is 3. The van der Waals surface area contributed by atoms with Crippen molar-refractivity contribution in [3.63, 3.8) is 0 Å². The summed E-state index contributed by atoms with van der Waals surface area (Å²) in [5.74, 6) is -10.9. The Bertz CT molecular complexity index is 1390. The number of phenolic OH excluding ortho intramolecular Hbond substituents is 1. The molecule has 0 bridgehead atoms. The average molecular weight is 527 g/mol. The lowest BCUT2D eigenvalue weighted by Crippen LogP contribution is -2.74. The average Bonchev–Trinajstić information content (AvgIpc) is 2.82. The van der Waals surface area contributed by atoms with E-state index in [9.17, 15) is 34.2 Å².